The van der Waals surface area contributed by atoms with Crippen molar-refractivity contribution in [3.8, 4) is 11.5 Å². The predicted octanol–water partition coefficient (Wildman–Crippen LogP) is 2.99. The molecule has 2 aromatic carbocycles. The molecular weight excluding hydrogens is 315 g/mol. The fourth-order valence-corrected chi connectivity index (χ4v) is 2.26. The Labute approximate surface area is 137 Å². The van der Waals surface area contributed by atoms with Crippen molar-refractivity contribution in [1.29, 1.82) is 0 Å². The second-order valence-corrected chi connectivity index (χ2v) is 5.06. The molecule has 0 radical (unpaired) electrons. The monoisotopic (exact) mass is 328 g/mol. The average Bonchev–Trinajstić information content (AvgIpc) is 2.83. The molecule has 3 rings (SSSR count). The Hall–Kier alpha value is -2.99. The van der Waals surface area contributed by atoms with E-state index in [1.807, 2.05) is 0 Å². The van der Waals surface area contributed by atoms with E-state index < -0.39 is 11.8 Å². The summed E-state index contributed by atoms with van der Waals surface area (Å²) >= 11 is 0. The van der Waals surface area contributed by atoms with Gasteiger partial charge in [-0.15, -0.1) is 0 Å². The van der Waals surface area contributed by atoms with Crippen molar-refractivity contribution in [2.75, 3.05) is 13.7 Å². The second kappa shape index (κ2) is 6.64. The van der Waals surface area contributed by atoms with Gasteiger partial charge in [-0.1, -0.05) is 12.1 Å². The molecule has 0 saturated carbocycles. The first kappa shape index (κ1) is 15.9. The molecule has 1 aliphatic rings. The van der Waals surface area contributed by atoms with Gasteiger partial charge in [0.2, 0.25) is 5.78 Å². The summed E-state index contributed by atoms with van der Waals surface area (Å²) in [5, 5.41) is 0. The summed E-state index contributed by atoms with van der Waals surface area (Å²) in [6.45, 7) is -0.179. The molecule has 0 aromatic heterocycles. The highest BCUT2D eigenvalue weighted by atomic mass is 19.1. The largest absolute Gasteiger partial charge is 0.452 e. The van der Waals surface area contributed by atoms with Gasteiger partial charge in [-0.25, -0.2) is 9.18 Å². The third-order valence-corrected chi connectivity index (χ3v) is 3.28. The summed E-state index contributed by atoms with van der Waals surface area (Å²) in [4.78, 5) is 23.7. The SMILES string of the molecule is COCC(=O)Oc1ccc2c(c1)O/C(=C\c1cccc(F)c1)C2=O. The molecule has 5 nitrogen and oxygen atoms in total. The number of ether oxygens (including phenoxy) is 3. The number of ketones is 1. The van der Waals surface area contributed by atoms with Gasteiger partial charge in [0.15, 0.2) is 5.76 Å². The zero-order valence-electron chi connectivity index (χ0n) is 12.7. The number of rotatable bonds is 4. The fourth-order valence-electron chi connectivity index (χ4n) is 2.26. The van der Waals surface area contributed by atoms with Crippen LogP contribution in [0.1, 0.15) is 15.9 Å². The maximum absolute atomic E-state index is 13.2. The van der Waals surface area contributed by atoms with Crippen LogP contribution in [0.2, 0.25) is 0 Å². The Balaban J connectivity index is 1.83. The molecule has 1 heterocycles. The van der Waals surface area contributed by atoms with E-state index in [0.717, 1.165) is 0 Å². The van der Waals surface area contributed by atoms with Crippen molar-refractivity contribution in [1.82, 2.24) is 0 Å². The van der Waals surface area contributed by atoms with E-state index in [4.69, 9.17) is 9.47 Å². The van der Waals surface area contributed by atoms with E-state index in [1.165, 1.54) is 43.5 Å². The number of carbonyl (C=O) groups excluding carboxylic acids is 2. The highest BCUT2D eigenvalue weighted by Crippen LogP contribution is 2.34. The van der Waals surface area contributed by atoms with Crippen LogP contribution in [0.3, 0.4) is 0 Å². The van der Waals surface area contributed by atoms with Crippen LogP contribution in [0.4, 0.5) is 4.39 Å². The average molecular weight is 328 g/mol. The van der Waals surface area contributed by atoms with Gasteiger partial charge in [0, 0.05) is 13.2 Å². The molecule has 6 heteroatoms. The van der Waals surface area contributed by atoms with Crippen molar-refractivity contribution in [2.45, 2.75) is 0 Å². The fraction of sp³-hybridized carbons (Fsp3) is 0.111. The minimum absolute atomic E-state index is 0.0796. The first-order chi connectivity index (χ1) is 11.6. The maximum atomic E-state index is 13.2. The summed E-state index contributed by atoms with van der Waals surface area (Å²) < 4.78 is 28.5. The lowest BCUT2D eigenvalue weighted by atomic mass is 10.1. The Morgan fingerprint density at radius 2 is 2.08 bits per heavy atom. The number of fused-ring (bicyclic) bond motifs is 1. The topological polar surface area (TPSA) is 61.8 Å². The number of Topliss-reactive ketones (excluding diaryl/α,β-unsaturated/α-hetero) is 1. The van der Waals surface area contributed by atoms with Gasteiger partial charge in [0.05, 0.1) is 5.56 Å². The Kier molecular flexibility index (Phi) is 4.39. The van der Waals surface area contributed by atoms with Crippen LogP contribution in [0.25, 0.3) is 6.08 Å². The molecule has 0 N–H and O–H groups in total. The lowest BCUT2D eigenvalue weighted by Gasteiger charge is -2.04. The lowest BCUT2D eigenvalue weighted by molar-refractivity contribution is -0.138. The number of hydrogen-bond acceptors (Lipinski definition) is 5. The molecule has 0 bridgehead atoms. The molecule has 0 unspecified atom stereocenters. The number of methoxy groups -OCH3 is 1. The van der Waals surface area contributed by atoms with Crippen LogP contribution < -0.4 is 9.47 Å². The molecule has 0 spiro atoms. The van der Waals surface area contributed by atoms with E-state index in [2.05, 4.69) is 4.74 Å². The molecule has 1 aliphatic heterocycles. The van der Waals surface area contributed by atoms with Gasteiger partial charge in [-0.2, -0.15) is 0 Å². The summed E-state index contributed by atoms with van der Waals surface area (Å²) in [7, 11) is 1.38. The Morgan fingerprint density at radius 1 is 1.25 bits per heavy atom. The first-order valence-electron chi connectivity index (χ1n) is 7.10. The summed E-state index contributed by atoms with van der Waals surface area (Å²) in [6.07, 6.45) is 1.46. The third kappa shape index (κ3) is 3.33. The predicted molar refractivity (Wildman–Crippen MR) is 83.3 cm³/mol. The minimum Gasteiger partial charge on any atom is -0.452 e. The van der Waals surface area contributed by atoms with E-state index in [9.17, 15) is 14.0 Å². The van der Waals surface area contributed by atoms with Gasteiger partial charge in [-0.3, -0.25) is 4.79 Å². The number of carbonyl (C=O) groups is 2. The van der Waals surface area contributed by atoms with Crippen LogP contribution in [0, 0.1) is 5.82 Å². The number of hydrogen-bond donors (Lipinski definition) is 0. The van der Waals surface area contributed by atoms with Gasteiger partial charge in [-0.05, 0) is 35.9 Å². The van der Waals surface area contributed by atoms with E-state index >= 15 is 0 Å². The normalized spacial score (nSPS) is 14.4. The van der Waals surface area contributed by atoms with Crippen molar-refractivity contribution in [3.05, 3.63) is 65.2 Å². The summed E-state index contributed by atoms with van der Waals surface area (Å²) in [5.74, 6) is -0.669. The molecule has 0 aliphatic carbocycles. The minimum atomic E-state index is -0.558. The maximum Gasteiger partial charge on any atom is 0.337 e. The molecular formula is C18H13FO5. The third-order valence-electron chi connectivity index (χ3n) is 3.28. The van der Waals surface area contributed by atoms with Gasteiger partial charge < -0.3 is 14.2 Å². The Morgan fingerprint density at radius 3 is 2.83 bits per heavy atom. The smallest absolute Gasteiger partial charge is 0.337 e. The van der Waals surface area contributed by atoms with Gasteiger partial charge in [0.1, 0.15) is 23.9 Å². The van der Waals surface area contributed by atoms with Crippen LogP contribution in [-0.2, 0) is 9.53 Å². The molecule has 0 saturated heterocycles. The number of allylic oxidation sites excluding steroid dienone is 1. The zero-order valence-corrected chi connectivity index (χ0v) is 12.7. The molecule has 2 aromatic rings. The highest BCUT2D eigenvalue weighted by molar-refractivity contribution is 6.14. The lowest BCUT2D eigenvalue weighted by Crippen LogP contribution is -2.14. The highest BCUT2D eigenvalue weighted by Gasteiger charge is 2.28. The molecule has 122 valence electrons. The molecule has 0 atom stereocenters. The van der Waals surface area contributed by atoms with Gasteiger partial charge >= 0.3 is 5.97 Å². The summed E-state index contributed by atoms with van der Waals surface area (Å²) in [6, 6.07) is 10.3. The number of benzene rings is 2. The zero-order chi connectivity index (χ0) is 17.1. The standard InChI is InChI=1S/C18H13FO5/c1-22-10-17(20)23-13-5-6-14-15(9-13)24-16(18(14)21)8-11-3-2-4-12(19)7-11/h2-9H,10H2,1H3/b16-8-. The van der Waals surface area contributed by atoms with E-state index in [-0.39, 0.29) is 29.6 Å². The van der Waals surface area contributed by atoms with Gasteiger partial charge in [0.25, 0.3) is 0 Å². The van der Waals surface area contributed by atoms with E-state index in [1.54, 1.807) is 12.1 Å². The van der Waals surface area contributed by atoms with Crippen molar-refractivity contribution < 1.29 is 28.2 Å². The van der Waals surface area contributed by atoms with E-state index in [0.29, 0.717) is 11.1 Å². The molecule has 0 fully saturated rings. The van der Waals surface area contributed by atoms with Crippen molar-refractivity contribution >= 4 is 17.8 Å². The van der Waals surface area contributed by atoms with Crippen molar-refractivity contribution in [2.24, 2.45) is 0 Å². The first-order valence-corrected chi connectivity index (χ1v) is 7.10. The van der Waals surface area contributed by atoms with Crippen LogP contribution >= 0.6 is 0 Å². The number of esters is 1. The second-order valence-electron chi connectivity index (χ2n) is 5.06. The number of halogens is 1. The van der Waals surface area contributed by atoms with Crippen LogP contribution in [0.15, 0.2) is 48.2 Å². The van der Waals surface area contributed by atoms with Crippen LogP contribution in [-0.4, -0.2) is 25.5 Å². The Bertz CT molecular complexity index is 841. The van der Waals surface area contributed by atoms with Crippen molar-refractivity contribution in [3.63, 3.8) is 0 Å². The van der Waals surface area contributed by atoms with Crippen LogP contribution in [0.5, 0.6) is 11.5 Å². The molecule has 24 heavy (non-hydrogen) atoms. The quantitative estimate of drug-likeness (QED) is 0.490. The summed E-state index contributed by atoms with van der Waals surface area (Å²) in [5.41, 5.74) is 0.863. The molecule has 0 amide bonds.